The van der Waals surface area contributed by atoms with Gasteiger partial charge in [-0.25, -0.2) is 9.48 Å². The third kappa shape index (κ3) is 3.37. The molecule has 2 aliphatic rings. The quantitative estimate of drug-likeness (QED) is 0.792. The van der Waals surface area contributed by atoms with Gasteiger partial charge >= 0.3 is 6.09 Å². The maximum atomic E-state index is 12.4. The number of fused-ring (bicyclic) bond motifs is 1. The molecule has 2 aromatic rings. The van der Waals surface area contributed by atoms with E-state index >= 15 is 0 Å². The van der Waals surface area contributed by atoms with Gasteiger partial charge in [0.15, 0.2) is 10.8 Å². The predicted molar refractivity (Wildman–Crippen MR) is 98.4 cm³/mol. The Kier molecular flexibility index (Phi) is 4.29. The zero-order valence-electron chi connectivity index (χ0n) is 15.4. The number of aromatic nitrogens is 4. The minimum atomic E-state index is -0.496. The first-order chi connectivity index (χ1) is 12.3. The van der Waals surface area contributed by atoms with Crippen LogP contribution in [-0.4, -0.2) is 49.7 Å². The summed E-state index contributed by atoms with van der Waals surface area (Å²) in [5.74, 6) is 0.475. The lowest BCUT2D eigenvalue weighted by molar-refractivity contribution is 0.0169. The lowest BCUT2D eigenvalue weighted by atomic mass is 10.1. The van der Waals surface area contributed by atoms with Crippen molar-refractivity contribution in [1.29, 1.82) is 0 Å². The summed E-state index contributed by atoms with van der Waals surface area (Å²) in [5, 5.41) is 14.5. The zero-order valence-corrected chi connectivity index (χ0v) is 16.2. The molecule has 2 aromatic heterocycles. The van der Waals surface area contributed by atoms with E-state index in [0.29, 0.717) is 24.2 Å². The molecule has 7 nitrogen and oxygen atoms in total. The third-order valence-electron chi connectivity index (χ3n) is 4.89. The molecule has 26 heavy (non-hydrogen) atoms. The van der Waals surface area contributed by atoms with E-state index in [2.05, 4.69) is 15.3 Å². The second kappa shape index (κ2) is 6.37. The Labute approximate surface area is 157 Å². The van der Waals surface area contributed by atoms with Crippen LogP contribution in [0.4, 0.5) is 4.79 Å². The molecule has 0 bridgehead atoms. The number of likely N-dealkylation sites (tertiary alicyclic amines) is 1. The number of ether oxygens (including phenoxy) is 1. The number of nitrogens with zero attached hydrogens (tertiary/aromatic N) is 5. The summed E-state index contributed by atoms with van der Waals surface area (Å²) in [6.07, 6.45) is 5.70. The molecule has 0 radical (unpaired) electrons. The summed E-state index contributed by atoms with van der Waals surface area (Å²) in [4.78, 5) is 14.2. The van der Waals surface area contributed by atoms with Crippen LogP contribution in [0, 0.1) is 0 Å². The first-order valence-corrected chi connectivity index (χ1v) is 9.58. The van der Waals surface area contributed by atoms with Crippen LogP contribution in [0.2, 0.25) is 5.15 Å². The molecule has 1 unspecified atom stereocenters. The molecular weight excluding hydrogens is 354 g/mol. The molecule has 8 heteroatoms. The molecule has 1 saturated carbocycles. The number of halogens is 1. The maximum absolute atomic E-state index is 12.4. The maximum Gasteiger partial charge on any atom is 0.410 e. The summed E-state index contributed by atoms with van der Waals surface area (Å²) in [6, 6.07) is 0.0660. The second-order valence-electron chi connectivity index (χ2n) is 8.23. The van der Waals surface area contributed by atoms with Gasteiger partial charge in [0.1, 0.15) is 5.60 Å². The second-order valence-corrected chi connectivity index (χ2v) is 8.59. The molecule has 0 spiro atoms. The largest absolute Gasteiger partial charge is 0.444 e. The van der Waals surface area contributed by atoms with E-state index in [1.54, 1.807) is 4.90 Å². The fourth-order valence-electron chi connectivity index (χ4n) is 3.58. The van der Waals surface area contributed by atoms with Crippen molar-refractivity contribution in [1.82, 2.24) is 24.9 Å². The average molecular weight is 378 g/mol. The Hall–Kier alpha value is -1.89. The smallest absolute Gasteiger partial charge is 0.410 e. The summed E-state index contributed by atoms with van der Waals surface area (Å²) >= 11 is 6.28. The molecule has 1 amide bonds. The third-order valence-corrected chi connectivity index (χ3v) is 5.17. The molecule has 0 aromatic carbocycles. The van der Waals surface area contributed by atoms with Gasteiger partial charge in [0.05, 0.1) is 12.2 Å². The van der Waals surface area contributed by atoms with E-state index in [1.807, 2.05) is 31.6 Å². The molecule has 1 saturated heterocycles. The van der Waals surface area contributed by atoms with Gasteiger partial charge in [-0.2, -0.15) is 5.10 Å². The topological polar surface area (TPSA) is 73.1 Å². The summed E-state index contributed by atoms with van der Waals surface area (Å²) in [7, 11) is 0. The minimum Gasteiger partial charge on any atom is -0.444 e. The van der Waals surface area contributed by atoms with Crippen LogP contribution in [0.15, 0.2) is 6.20 Å². The van der Waals surface area contributed by atoms with Crippen molar-refractivity contribution in [3.05, 3.63) is 16.9 Å². The van der Waals surface area contributed by atoms with Crippen LogP contribution < -0.4 is 0 Å². The highest BCUT2D eigenvalue weighted by Gasteiger charge is 2.33. The molecule has 140 valence electrons. The van der Waals surface area contributed by atoms with E-state index in [9.17, 15) is 4.79 Å². The van der Waals surface area contributed by atoms with Crippen LogP contribution in [0.3, 0.4) is 0 Å². The Bertz CT molecular complexity index is 840. The van der Waals surface area contributed by atoms with Gasteiger partial charge in [-0.15, -0.1) is 10.2 Å². The van der Waals surface area contributed by atoms with E-state index in [1.165, 1.54) is 0 Å². The molecule has 1 aliphatic heterocycles. The van der Waals surface area contributed by atoms with Crippen molar-refractivity contribution >= 4 is 28.7 Å². The number of hydrogen-bond acceptors (Lipinski definition) is 5. The first-order valence-electron chi connectivity index (χ1n) is 9.20. The number of hydrogen-bond donors (Lipinski definition) is 0. The first kappa shape index (κ1) is 17.5. The molecule has 2 fully saturated rings. The molecule has 3 heterocycles. The fourth-order valence-corrected chi connectivity index (χ4v) is 3.87. The van der Waals surface area contributed by atoms with E-state index in [-0.39, 0.29) is 12.1 Å². The highest BCUT2D eigenvalue weighted by Crippen LogP contribution is 2.45. The lowest BCUT2D eigenvalue weighted by Gasteiger charge is -2.34. The van der Waals surface area contributed by atoms with E-state index in [4.69, 9.17) is 16.3 Å². The van der Waals surface area contributed by atoms with E-state index in [0.717, 1.165) is 42.3 Å². The van der Waals surface area contributed by atoms with Crippen molar-refractivity contribution in [3.8, 4) is 0 Å². The monoisotopic (exact) mass is 377 g/mol. The van der Waals surface area contributed by atoms with Gasteiger partial charge in [0, 0.05) is 24.0 Å². The van der Waals surface area contributed by atoms with E-state index < -0.39 is 5.60 Å². The highest BCUT2D eigenvalue weighted by atomic mass is 35.5. The molecule has 1 atom stereocenters. The standard InChI is InChI=1S/C18H24ClN5O2/c1-18(2,3)26-17(25)23-8-4-5-12(10-23)24-16-13(9-20-24)14(11-6-7-11)15(19)21-22-16/h9,11-12H,4-8,10H2,1-3H3. The van der Waals surface area contributed by atoms with Gasteiger partial charge in [-0.1, -0.05) is 11.6 Å². The number of piperidine rings is 1. The average Bonchev–Trinajstić information content (AvgIpc) is 3.31. The van der Waals surface area contributed by atoms with Crippen LogP contribution >= 0.6 is 11.6 Å². The SMILES string of the molecule is CC(C)(C)OC(=O)N1CCCC(n2ncc3c(C4CC4)c(Cl)nnc32)C1. The lowest BCUT2D eigenvalue weighted by Crippen LogP contribution is -2.43. The van der Waals surface area contributed by atoms with Crippen molar-refractivity contribution in [2.24, 2.45) is 0 Å². The van der Waals surface area contributed by atoms with Crippen molar-refractivity contribution in [2.45, 2.75) is 64.0 Å². The summed E-state index contributed by atoms with van der Waals surface area (Å²) in [6.45, 7) is 6.91. The predicted octanol–water partition coefficient (Wildman–Crippen LogP) is 3.93. The molecule has 1 aliphatic carbocycles. The van der Waals surface area contributed by atoms with Crippen LogP contribution in [-0.2, 0) is 4.74 Å². The van der Waals surface area contributed by atoms with Crippen LogP contribution in [0.5, 0.6) is 0 Å². The Morgan fingerprint density at radius 3 is 2.73 bits per heavy atom. The fraction of sp³-hybridized carbons (Fsp3) is 0.667. The zero-order chi connectivity index (χ0) is 18.5. The molecule has 0 N–H and O–H groups in total. The molecule has 4 rings (SSSR count). The number of carbonyl (C=O) groups excluding carboxylic acids is 1. The number of rotatable bonds is 2. The van der Waals surface area contributed by atoms with Crippen molar-refractivity contribution < 1.29 is 9.53 Å². The van der Waals surface area contributed by atoms with Gasteiger partial charge in [-0.3, -0.25) is 0 Å². The summed E-state index contributed by atoms with van der Waals surface area (Å²) < 4.78 is 7.42. The van der Waals surface area contributed by atoms with Gasteiger partial charge in [-0.05, 0) is 52.4 Å². The molecular formula is C18H24ClN5O2. The van der Waals surface area contributed by atoms with Gasteiger partial charge in [0.2, 0.25) is 0 Å². The number of carbonyl (C=O) groups is 1. The van der Waals surface area contributed by atoms with Crippen molar-refractivity contribution in [2.75, 3.05) is 13.1 Å². The number of amides is 1. The normalized spacial score (nSPS) is 21.2. The van der Waals surface area contributed by atoms with Gasteiger partial charge < -0.3 is 9.64 Å². The Morgan fingerprint density at radius 2 is 2.04 bits per heavy atom. The summed E-state index contributed by atoms with van der Waals surface area (Å²) in [5.41, 5.74) is 1.33. The van der Waals surface area contributed by atoms with Crippen molar-refractivity contribution in [3.63, 3.8) is 0 Å². The Morgan fingerprint density at radius 1 is 1.27 bits per heavy atom. The minimum absolute atomic E-state index is 0.0660. The van der Waals surface area contributed by atoms with Crippen LogP contribution in [0.1, 0.15) is 64.0 Å². The van der Waals surface area contributed by atoms with Crippen LogP contribution in [0.25, 0.3) is 11.0 Å². The highest BCUT2D eigenvalue weighted by molar-refractivity contribution is 6.31. The van der Waals surface area contributed by atoms with Gasteiger partial charge in [0.25, 0.3) is 0 Å². The Balaban J connectivity index is 1.59.